The van der Waals surface area contributed by atoms with Crippen LogP contribution in [0.4, 0.5) is 10.5 Å². The zero-order chi connectivity index (χ0) is 14.6. The minimum atomic E-state index is -0.361. The maximum Gasteiger partial charge on any atom is 0.317 e. The molecule has 0 radical (unpaired) electrons. The lowest BCUT2D eigenvalue weighted by Crippen LogP contribution is -2.56. The van der Waals surface area contributed by atoms with Gasteiger partial charge in [-0.25, -0.2) is 4.79 Å². The Morgan fingerprint density at radius 2 is 2.05 bits per heavy atom. The molecule has 1 saturated carbocycles. The number of hydrogen-bond acceptors (Lipinski definition) is 3. The van der Waals surface area contributed by atoms with E-state index in [2.05, 4.69) is 5.32 Å². The van der Waals surface area contributed by atoms with Crippen LogP contribution in [0.3, 0.4) is 0 Å². The molecule has 1 N–H and O–H groups in total. The molecule has 1 spiro atoms. The second kappa shape index (κ2) is 4.19. The molecule has 110 valence electrons. The standard InChI is InChI=1S/C15H17N3O3/c19-14-16-8-15(3-4-15)9-17(14)13-5-10-1-2-12(18(20)21)6-11(10)7-13/h1-2,6,13H,3-5,7-9H2,(H,16,19). The van der Waals surface area contributed by atoms with Crippen LogP contribution in [0.25, 0.3) is 0 Å². The van der Waals surface area contributed by atoms with Crippen LogP contribution in [0, 0.1) is 15.5 Å². The summed E-state index contributed by atoms with van der Waals surface area (Å²) < 4.78 is 0. The molecule has 21 heavy (non-hydrogen) atoms. The van der Waals surface area contributed by atoms with Gasteiger partial charge in [-0.05, 0) is 36.8 Å². The smallest absolute Gasteiger partial charge is 0.317 e. The van der Waals surface area contributed by atoms with Crippen molar-refractivity contribution in [3.63, 3.8) is 0 Å². The largest absolute Gasteiger partial charge is 0.337 e. The summed E-state index contributed by atoms with van der Waals surface area (Å²) in [6.07, 6.45) is 3.90. The van der Waals surface area contributed by atoms with Crippen LogP contribution in [-0.4, -0.2) is 35.0 Å². The molecule has 2 aliphatic carbocycles. The average molecular weight is 287 g/mol. The van der Waals surface area contributed by atoms with E-state index in [4.69, 9.17) is 0 Å². The summed E-state index contributed by atoms with van der Waals surface area (Å²) in [4.78, 5) is 24.6. The van der Waals surface area contributed by atoms with Gasteiger partial charge in [0.2, 0.25) is 0 Å². The van der Waals surface area contributed by atoms with Gasteiger partial charge in [-0.3, -0.25) is 10.1 Å². The highest BCUT2D eigenvalue weighted by Crippen LogP contribution is 2.48. The number of nitro groups is 1. The van der Waals surface area contributed by atoms with Gasteiger partial charge < -0.3 is 10.2 Å². The number of nitro benzene ring substituents is 1. The summed E-state index contributed by atoms with van der Waals surface area (Å²) in [5, 5.41) is 13.9. The Bertz CT molecular complexity index is 639. The second-order valence-corrected chi connectivity index (χ2v) is 6.56. The predicted molar refractivity (Wildman–Crippen MR) is 76.1 cm³/mol. The van der Waals surface area contributed by atoms with E-state index in [1.54, 1.807) is 12.1 Å². The molecule has 6 heteroatoms. The van der Waals surface area contributed by atoms with Crippen molar-refractivity contribution < 1.29 is 9.72 Å². The number of non-ortho nitro benzene ring substituents is 1. The SMILES string of the molecule is O=C1NCC2(CC2)CN1C1Cc2ccc([N+](=O)[O-])cc2C1. The molecule has 2 fully saturated rings. The lowest BCUT2D eigenvalue weighted by atomic mass is 10.0. The minimum absolute atomic E-state index is 0.0137. The maximum atomic E-state index is 12.1. The summed E-state index contributed by atoms with van der Waals surface area (Å²) in [6, 6.07) is 5.20. The number of carbonyl (C=O) groups excluding carboxylic acids is 1. The Kier molecular flexibility index (Phi) is 2.52. The van der Waals surface area contributed by atoms with Crippen LogP contribution in [0.1, 0.15) is 24.0 Å². The first-order valence-electron chi connectivity index (χ1n) is 7.37. The van der Waals surface area contributed by atoms with Crippen LogP contribution >= 0.6 is 0 Å². The van der Waals surface area contributed by atoms with Gasteiger partial charge in [-0.2, -0.15) is 0 Å². The second-order valence-electron chi connectivity index (χ2n) is 6.56. The number of fused-ring (bicyclic) bond motifs is 1. The van der Waals surface area contributed by atoms with E-state index in [-0.39, 0.29) is 22.7 Å². The van der Waals surface area contributed by atoms with Crippen molar-refractivity contribution in [2.75, 3.05) is 13.1 Å². The minimum Gasteiger partial charge on any atom is -0.337 e. The van der Waals surface area contributed by atoms with E-state index in [1.807, 2.05) is 11.0 Å². The molecule has 2 amide bonds. The first-order valence-corrected chi connectivity index (χ1v) is 7.37. The normalized spacial score (nSPS) is 25.6. The van der Waals surface area contributed by atoms with E-state index in [9.17, 15) is 14.9 Å². The van der Waals surface area contributed by atoms with Crippen LogP contribution in [0.15, 0.2) is 18.2 Å². The quantitative estimate of drug-likeness (QED) is 0.666. The van der Waals surface area contributed by atoms with Crippen molar-refractivity contribution >= 4 is 11.7 Å². The number of nitrogens with one attached hydrogen (secondary N) is 1. The first kappa shape index (κ1) is 12.6. The summed E-state index contributed by atoms with van der Waals surface area (Å²) in [5.41, 5.74) is 2.58. The molecule has 1 unspecified atom stereocenters. The third-order valence-electron chi connectivity index (χ3n) is 5.09. The molecule has 1 aromatic rings. The molecular weight excluding hydrogens is 270 g/mol. The van der Waals surface area contributed by atoms with E-state index < -0.39 is 0 Å². The van der Waals surface area contributed by atoms with Gasteiger partial charge in [0.15, 0.2) is 0 Å². The summed E-state index contributed by atoms with van der Waals surface area (Å²) in [6.45, 7) is 1.63. The molecule has 3 aliphatic rings. The first-order chi connectivity index (χ1) is 10.1. The third-order valence-corrected chi connectivity index (χ3v) is 5.09. The van der Waals surface area contributed by atoms with Crippen LogP contribution in [0.2, 0.25) is 0 Å². The number of rotatable bonds is 2. The Hall–Kier alpha value is -2.11. The van der Waals surface area contributed by atoms with Crippen LogP contribution < -0.4 is 5.32 Å². The van der Waals surface area contributed by atoms with Crippen molar-refractivity contribution in [3.8, 4) is 0 Å². The maximum absolute atomic E-state index is 12.1. The van der Waals surface area contributed by atoms with Crippen LogP contribution in [-0.2, 0) is 12.8 Å². The van der Waals surface area contributed by atoms with Crippen molar-refractivity contribution in [2.45, 2.75) is 31.7 Å². The number of benzene rings is 1. The number of carbonyl (C=O) groups is 1. The molecular formula is C15H17N3O3. The van der Waals surface area contributed by atoms with E-state index in [0.717, 1.165) is 37.1 Å². The fourth-order valence-corrected chi connectivity index (χ4v) is 3.58. The molecule has 0 bridgehead atoms. The van der Waals surface area contributed by atoms with Crippen molar-refractivity contribution in [3.05, 3.63) is 39.4 Å². The average Bonchev–Trinajstić information content (AvgIpc) is 3.08. The highest BCUT2D eigenvalue weighted by Gasteiger charge is 2.49. The Morgan fingerprint density at radius 3 is 2.76 bits per heavy atom. The van der Waals surface area contributed by atoms with Crippen LogP contribution in [0.5, 0.6) is 0 Å². The molecule has 1 aromatic carbocycles. The highest BCUT2D eigenvalue weighted by atomic mass is 16.6. The molecule has 6 nitrogen and oxygen atoms in total. The fourth-order valence-electron chi connectivity index (χ4n) is 3.58. The van der Waals surface area contributed by atoms with E-state index >= 15 is 0 Å². The van der Waals surface area contributed by atoms with Gasteiger partial charge in [0.05, 0.1) is 4.92 Å². The van der Waals surface area contributed by atoms with Gasteiger partial charge in [-0.1, -0.05) is 6.07 Å². The fraction of sp³-hybridized carbons (Fsp3) is 0.533. The van der Waals surface area contributed by atoms with Gasteiger partial charge >= 0.3 is 6.03 Å². The zero-order valence-electron chi connectivity index (χ0n) is 11.7. The zero-order valence-corrected chi connectivity index (χ0v) is 11.7. The van der Waals surface area contributed by atoms with Gasteiger partial charge in [0, 0.05) is 36.7 Å². The number of nitrogens with zero attached hydrogens (tertiary/aromatic N) is 2. The van der Waals surface area contributed by atoms with Gasteiger partial charge in [-0.15, -0.1) is 0 Å². The monoisotopic (exact) mass is 287 g/mol. The van der Waals surface area contributed by atoms with Crippen molar-refractivity contribution in [2.24, 2.45) is 5.41 Å². The highest BCUT2D eigenvalue weighted by molar-refractivity contribution is 5.76. The van der Waals surface area contributed by atoms with Gasteiger partial charge in [0.25, 0.3) is 5.69 Å². The molecule has 0 aromatic heterocycles. The lowest BCUT2D eigenvalue weighted by Gasteiger charge is -2.37. The molecule has 1 heterocycles. The lowest BCUT2D eigenvalue weighted by molar-refractivity contribution is -0.384. The topological polar surface area (TPSA) is 75.5 Å². The molecule has 4 rings (SSSR count). The van der Waals surface area contributed by atoms with E-state index in [1.165, 1.54) is 12.8 Å². The molecule has 1 aliphatic heterocycles. The Morgan fingerprint density at radius 1 is 1.29 bits per heavy atom. The Balaban J connectivity index is 1.55. The number of hydrogen-bond donors (Lipinski definition) is 1. The van der Waals surface area contributed by atoms with Crippen molar-refractivity contribution in [1.82, 2.24) is 10.2 Å². The summed E-state index contributed by atoms with van der Waals surface area (Å²) in [5.74, 6) is 0. The predicted octanol–water partition coefficient (Wildman–Crippen LogP) is 1.87. The van der Waals surface area contributed by atoms with Crippen molar-refractivity contribution in [1.29, 1.82) is 0 Å². The van der Waals surface area contributed by atoms with E-state index in [0.29, 0.717) is 5.41 Å². The molecule has 1 saturated heterocycles. The summed E-state index contributed by atoms with van der Waals surface area (Å²) in [7, 11) is 0. The summed E-state index contributed by atoms with van der Waals surface area (Å²) >= 11 is 0. The number of amides is 2. The number of urea groups is 1. The van der Waals surface area contributed by atoms with Gasteiger partial charge in [0.1, 0.15) is 0 Å². The third kappa shape index (κ3) is 2.05. The Labute approximate surface area is 122 Å². The molecule has 1 atom stereocenters.